The molecule has 4 heteroatoms. The highest BCUT2D eigenvalue weighted by atomic mass is 32.2. The van der Waals surface area contributed by atoms with Gasteiger partial charge in [0.2, 0.25) is 5.91 Å². The van der Waals surface area contributed by atoms with Crippen molar-refractivity contribution in [1.82, 2.24) is 5.32 Å². The lowest BCUT2D eigenvalue weighted by Gasteiger charge is -2.24. The van der Waals surface area contributed by atoms with Crippen molar-refractivity contribution in [3.63, 3.8) is 0 Å². The standard InChI is InChI=1S/C10H20N2OS/c1-10(2,11)7-9(13)12-8-3-5-14-6-4-8/h8H,3-7,11H2,1-2H3,(H,12,13). The molecule has 1 aliphatic rings. The number of nitrogens with two attached hydrogens (primary N) is 1. The van der Waals surface area contributed by atoms with Crippen molar-refractivity contribution in [2.75, 3.05) is 11.5 Å². The maximum absolute atomic E-state index is 11.5. The summed E-state index contributed by atoms with van der Waals surface area (Å²) < 4.78 is 0. The summed E-state index contributed by atoms with van der Waals surface area (Å²) in [6.45, 7) is 3.76. The summed E-state index contributed by atoms with van der Waals surface area (Å²) in [6, 6.07) is 0.381. The number of carbonyl (C=O) groups is 1. The topological polar surface area (TPSA) is 55.1 Å². The highest BCUT2D eigenvalue weighted by Gasteiger charge is 2.20. The Morgan fingerprint density at radius 1 is 1.50 bits per heavy atom. The van der Waals surface area contributed by atoms with Crippen LogP contribution in [-0.2, 0) is 4.79 Å². The minimum Gasteiger partial charge on any atom is -0.353 e. The van der Waals surface area contributed by atoms with Gasteiger partial charge in [0.25, 0.3) is 0 Å². The fraction of sp³-hybridized carbons (Fsp3) is 0.900. The Morgan fingerprint density at radius 2 is 2.07 bits per heavy atom. The molecular formula is C10H20N2OS. The van der Waals surface area contributed by atoms with Gasteiger partial charge in [-0.1, -0.05) is 0 Å². The molecule has 1 saturated heterocycles. The third-order valence-electron chi connectivity index (χ3n) is 2.20. The molecule has 3 nitrogen and oxygen atoms in total. The van der Waals surface area contributed by atoms with E-state index in [1.165, 1.54) is 0 Å². The molecule has 1 heterocycles. The van der Waals surface area contributed by atoms with Gasteiger partial charge in [-0.15, -0.1) is 0 Å². The first kappa shape index (κ1) is 11.9. The third kappa shape index (κ3) is 4.86. The molecule has 0 aliphatic carbocycles. The summed E-state index contributed by atoms with van der Waals surface area (Å²) in [6.07, 6.45) is 2.61. The highest BCUT2D eigenvalue weighted by Crippen LogP contribution is 2.17. The number of rotatable bonds is 3. The Hall–Kier alpha value is -0.220. The lowest BCUT2D eigenvalue weighted by Crippen LogP contribution is -2.43. The zero-order chi connectivity index (χ0) is 10.6. The van der Waals surface area contributed by atoms with E-state index in [1.807, 2.05) is 25.6 Å². The van der Waals surface area contributed by atoms with Crippen LogP contribution in [0.4, 0.5) is 0 Å². The van der Waals surface area contributed by atoms with Gasteiger partial charge in [0.1, 0.15) is 0 Å². The van der Waals surface area contributed by atoms with E-state index in [0.29, 0.717) is 12.5 Å². The highest BCUT2D eigenvalue weighted by molar-refractivity contribution is 7.99. The van der Waals surface area contributed by atoms with Crippen LogP contribution in [0.15, 0.2) is 0 Å². The van der Waals surface area contributed by atoms with E-state index in [1.54, 1.807) is 0 Å². The van der Waals surface area contributed by atoms with Crippen molar-refractivity contribution in [2.24, 2.45) is 5.73 Å². The van der Waals surface area contributed by atoms with E-state index in [0.717, 1.165) is 24.3 Å². The number of carbonyl (C=O) groups excluding carboxylic acids is 1. The summed E-state index contributed by atoms with van der Waals surface area (Å²) in [4.78, 5) is 11.5. The lowest BCUT2D eigenvalue weighted by molar-refractivity contribution is -0.122. The molecule has 1 amide bonds. The summed E-state index contributed by atoms with van der Waals surface area (Å²) in [7, 11) is 0. The molecule has 0 aromatic rings. The van der Waals surface area contributed by atoms with Crippen molar-refractivity contribution in [3.8, 4) is 0 Å². The Labute approximate surface area is 90.2 Å². The van der Waals surface area contributed by atoms with Gasteiger partial charge in [-0.25, -0.2) is 0 Å². The van der Waals surface area contributed by atoms with Gasteiger partial charge in [0, 0.05) is 18.0 Å². The summed E-state index contributed by atoms with van der Waals surface area (Å²) in [5.74, 6) is 2.42. The molecule has 0 bridgehead atoms. The van der Waals surface area contributed by atoms with E-state index >= 15 is 0 Å². The summed E-state index contributed by atoms with van der Waals surface area (Å²) in [5.41, 5.74) is 5.38. The van der Waals surface area contributed by atoms with Gasteiger partial charge >= 0.3 is 0 Å². The number of amides is 1. The van der Waals surface area contributed by atoms with Crippen LogP contribution in [0.5, 0.6) is 0 Å². The molecule has 0 aromatic carbocycles. The zero-order valence-corrected chi connectivity index (χ0v) is 9.82. The van der Waals surface area contributed by atoms with Crippen LogP contribution >= 0.6 is 11.8 Å². The van der Waals surface area contributed by atoms with Gasteiger partial charge in [-0.2, -0.15) is 11.8 Å². The summed E-state index contributed by atoms with van der Waals surface area (Å²) in [5, 5.41) is 3.04. The monoisotopic (exact) mass is 216 g/mol. The Bertz CT molecular complexity index is 195. The van der Waals surface area contributed by atoms with Crippen LogP contribution in [0, 0.1) is 0 Å². The minimum absolute atomic E-state index is 0.0920. The van der Waals surface area contributed by atoms with E-state index in [-0.39, 0.29) is 5.91 Å². The smallest absolute Gasteiger partial charge is 0.222 e. The molecular weight excluding hydrogens is 196 g/mol. The maximum atomic E-state index is 11.5. The molecule has 82 valence electrons. The predicted molar refractivity (Wildman–Crippen MR) is 61.4 cm³/mol. The average molecular weight is 216 g/mol. The summed E-state index contributed by atoms with van der Waals surface area (Å²) >= 11 is 1.96. The van der Waals surface area contributed by atoms with Crippen molar-refractivity contribution >= 4 is 17.7 Å². The molecule has 3 N–H and O–H groups in total. The number of hydrogen-bond acceptors (Lipinski definition) is 3. The molecule has 14 heavy (non-hydrogen) atoms. The van der Waals surface area contributed by atoms with Crippen molar-refractivity contribution in [1.29, 1.82) is 0 Å². The normalized spacial score (nSPS) is 19.4. The fourth-order valence-electron chi connectivity index (χ4n) is 1.53. The molecule has 0 unspecified atom stereocenters. The Morgan fingerprint density at radius 3 is 2.57 bits per heavy atom. The van der Waals surface area contributed by atoms with Crippen LogP contribution in [-0.4, -0.2) is 29.0 Å². The molecule has 0 aromatic heterocycles. The fourth-order valence-corrected chi connectivity index (χ4v) is 2.64. The number of hydrogen-bond donors (Lipinski definition) is 2. The Kier molecular flexibility index (Phi) is 4.26. The SMILES string of the molecule is CC(C)(N)CC(=O)NC1CCSCC1. The van der Waals surface area contributed by atoms with Gasteiger partial charge in [0.15, 0.2) is 0 Å². The van der Waals surface area contributed by atoms with E-state index in [4.69, 9.17) is 5.73 Å². The van der Waals surface area contributed by atoms with E-state index in [2.05, 4.69) is 5.32 Å². The van der Waals surface area contributed by atoms with Crippen LogP contribution in [0.3, 0.4) is 0 Å². The quantitative estimate of drug-likeness (QED) is 0.743. The van der Waals surface area contributed by atoms with Crippen molar-refractivity contribution in [2.45, 2.75) is 44.7 Å². The van der Waals surface area contributed by atoms with Crippen LogP contribution in [0.25, 0.3) is 0 Å². The molecule has 1 rings (SSSR count). The number of nitrogens with one attached hydrogen (secondary N) is 1. The van der Waals surface area contributed by atoms with Crippen molar-refractivity contribution in [3.05, 3.63) is 0 Å². The maximum Gasteiger partial charge on any atom is 0.222 e. The van der Waals surface area contributed by atoms with Crippen LogP contribution < -0.4 is 11.1 Å². The minimum atomic E-state index is -0.395. The molecule has 0 radical (unpaired) electrons. The van der Waals surface area contributed by atoms with E-state index < -0.39 is 5.54 Å². The van der Waals surface area contributed by atoms with Crippen LogP contribution in [0.2, 0.25) is 0 Å². The second kappa shape index (κ2) is 5.03. The molecule has 0 saturated carbocycles. The van der Waals surface area contributed by atoms with Gasteiger partial charge in [-0.05, 0) is 38.2 Å². The van der Waals surface area contributed by atoms with Gasteiger partial charge in [0.05, 0.1) is 0 Å². The van der Waals surface area contributed by atoms with Gasteiger partial charge < -0.3 is 11.1 Å². The molecule has 0 atom stereocenters. The average Bonchev–Trinajstić information content (AvgIpc) is 2.02. The van der Waals surface area contributed by atoms with Crippen LogP contribution in [0.1, 0.15) is 33.1 Å². The lowest BCUT2D eigenvalue weighted by atomic mass is 10.0. The van der Waals surface area contributed by atoms with Crippen molar-refractivity contribution < 1.29 is 4.79 Å². The van der Waals surface area contributed by atoms with Gasteiger partial charge in [-0.3, -0.25) is 4.79 Å². The zero-order valence-electron chi connectivity index (χ0n) is 9.01. The first-order chi connectivity index (χ1) is 6.47. The first-order valence-corrected chi connectivity index (χ1v) is 6.29. The largest absolute Gasteiger partial charge is 0.353 e. The molecule has 0 spiro atoms. The molecule has 1 aliphatic heterocycles. The van der Waals surface area contributed by atoms with E-state index in [9.17, 15) is 4.79 Å². The number of thioether (sulfide) groups is 1. The first-order valence-electron chi connectivity index (χ1n) is 5.13. The third-order valence-corrected chi connectivity index (χ3v) is 3.25. The second-order valence-corrected chi connectivity index (χ2v) is 5.84. The second-order valence-electron chi connectivity index (χ2n) is 4.62. The Balaban J connectivity index is 2.25. The predicted octanol–water partition coefficient (Wildman–Crippen LogP) is 1.13. The molecule has 1 fully saturated rings.